The van der Waals surface area contributed by atoms with Crippen LogP contribution < -0.4 is 21.7 Å². The third-order valence-corrected chi connectivity index (χ3v) is 13.9. The molecule has 2 unspecified atom stereocenters. The zero-order valence-corrected chi connectivity index (χ0v) is 41.8. The lowest BCUT2D eigenvalue weighted by atomic mass is 9.84. The van der Waals surface area contributed by atoms with E-state index >= 15 is 0 Å². The maximum absolute atomic E-state index is 14.6. The van der Waals surface area contributed by atoms with Gasteiger partial charge in [0.2, 0.25) is 23.4 Å². The Balaban J connectivity index is 1.76. The monoisotopic (exact) mass is 1040 g/mol. The van der Waals surface area contributed by atoms with Crippen LogP contribution in [0.1, 0.15) is 47.5 Å². The van der Waals surface area contributed by atoms with Crippen molar-refractivity contribution in [1.29, 1.82) is 0 Å². The molecule has 4 aliphatic rings. The summed E-state index contributed by atoms with van der Waals surface area (Å²) in [5.74, 6) is -6.68. The SMILES string of the molecule is COC1=C2C[C@@H](C)C[C@H](OC)[C@H](O)[C@@H](C)/C=C(\C)[C@H](OC(N)=O)[C@@H](OC)/C=C\C=C(/C)C(=O)NC(=C(SC[C@H](NC(C)=O)C(=O)N[C@H]3[C@@H](OC4[C@H](O)[C@H](O)C(O)[C@H](O)[C@H]4O)O[C@H](CO)[C@@H](O)[C@@H]3O)C1=O)C2=O. The number of hydrogen-bond donors (Lipinski definition) is 13. The third kappa shape index (κ3) is 14.1. The number of methoxy groups -OCH3 is 3. The van der Waals surface area contributed by atoms with Crippen LogP contribution in [0.25, 0.3) is 0 Å². The first-order valence-corrected chi connectivity index (χ1v) is 23.9. The van der Waals surface area contributed by atoms with E-state index in [4.69, 9.17) is 34.2 Å². The number of hydrogen-bond acceptors (Lipinski definition) is 22. The molecule has 72 heavy (non-hydrogen) atoms. The van der Waals surface area contributed by atoms with Crippen LogP contribution in [0.5, 0.6) is 0 Å². The Hall–Kier alpha value is -4.65. The molecule has 4 amide bonds. The van der Waals surface area contributed by atoms with Gasteiger partial charge in [-0.2, -0.15) is 0 Å². The van der Waals surface area contributed by atoms with Crippen LogP contribution in [0, 0.1) is 11.8 Å². The van der Waals surface area contributed by atoms with Gasteiger partial charge in [0, 0.05) is 44.0 Å². The molecule has 0 spiro atoms. The average Bonchev–Trinajstić information content (AvgIpc) is 3.33. The van der Waals surface area contributed by atoms with Crippen LogP contribution in [0.3, 0.4) is 0 Å². The number of carbonyl (C=O) groups excluding carboxylic acids is 6. The van der Waals surface area contributed by atoms with E-state index in [-0.39, 0.29) is 24.0 Å². The number of primary amides is 1. The number of Topliss-reactive ketones (excluding diaryl/α,β-unsaturated/α-hetero) is 2. The number of amides is 4. The number of carbonyl (C=O) groups is 6. The highest BCUT2D eigenvalue weighted by Crippen LogP contribution is 2.36. The topological polar surface area (TPSA) is 402 Å². The molecule has 2 aliphatic carbocycles. The minimum Gasteiger partial charge on any atom is -0.492 e. The second kappa shape index (κ2) is 26.5. The molecule has 0 aromatic rings. The molecular formula is C46H68N4O21S. The minimum atomic E-state index is -2.09. The van der Waals surface area contributed by atoms with Crippen LogP contribution in [-0.2, 0) is 52.4 Å². The van der Waals surface area contributed by atoms with Gasteiger partial charge in [-0.25, -0.2) is 4.79 Å². The third-order valence-electron chi connectivity index (χ3n) is 12.7. The Labute approximate surface area is 419 Å². The van der Waals surface area contributed by atoms with Gasteiger partial charge in [-0.3, -0.25) is 24.0 Å². The molecule has 1 saturated heterocycles. The number of nitrogens with one attached hydrogen (secondary N) is 3. The van der Waals surface area contributed by atoms with Gasteiger partial charge in [-0.15, -0.1) is 11.8 Å². The van der Waals surface area contributed by atoms with Crippen LogP contribution >= 0.6 is 11.8 Å². The number of aliphatic hydroxyl groups is 9. The summed E-state index contributed by atoms with van der Waals surface area (Å²) in [6.07, 6.45) is -19.1. The van der Waals surface area contributed by atoms with Crippen LogP contribution in [0.2, 0.25) is 0 Å². The van der Waals surface area contributed by atoms with Crippen molar-refractivity contribution in [2.45, 2.75) is 145 Å². The summed E-state index contributed by atoms with van der Waals surface area (Å²) >= 11 is 0.540. The predicted molar refractivity (Wildman–Crippen MR) is 250 cm³/mol. The van der Waals surface area contributed by atoms with E-state index in [1.54, 1.807) is 26.8 Å². The molecule has 14 N–H and O–H groups in total. The molecular weight excluding hydrogens is 977 g/mol. The molecule has 0 radical (unpaired) electrons. The van der Waals surface area contributed by atoms with Gasteiger partial charge < -0.3 is 96.1 Å². The standard InChI is InChI=1S/C46H68N4O21S/c1-17-12-22-30(54)27(49-43(63)18(2)10-9-11-24(66-6)39(71-46(47)65)20(4)14-19(3)29(53)25(13-17)67-7)42(38(62)40(22)68-8)72-16-23(48-21(5)52)44(64)50-28-32(56)31(55)26(15-51)69-45(28)70-41-36(60)34(58)33(57)35(59)37(41)61/h9-11,14,17,19,23-26,28-29,31-37,39,41,45,51,53,55-61H,12-13,15-16H2,1-8H3,(H2,47,65)(H,48,52)(H,49,63)(H,50,64)/b11-9-,18-10+,20-14+/t17-,19+,23+,24+,25+,26-,28-,29-,31-,32-,33?,34-,35+,36-,37-,39+,41?,45-/m1/s1. The zero-order chi connectivity index (χ0) is 54.0. The molecule has 2 bridgehead atoms. The molecule has 0 aromatic carbocycles. The number of nitrogens with two attached hydrogens (primary N) is 1. The fourth-order valence-corrected chi connectivity index (χ4v) is 9.76. The number of ether oxygens (including phenoxy) is 6. The van der Waals surface area contributed by atoms with Gasteiger partial charge in [0.05, 0.1) is 30.8 Å². The Morgan fingerprint density at radius 1 is 0.889 bits per heavy atom. The van der Waals surface area contributed by atoms with E-state index in [2.05, 4.69) is 16.0 Å². The van der Waals surface area contributed by atoms with Crippen molar-refractivity contribution in [2.24, 2.45) is 17.6 Å². The molecule has 18 atom stereocenters. The average molecular weight is 1050 g/mol. The van der Waals surface area contributed by atoms with Gasteiger partial charge in [-0.05, 0) is 38.2 Å². The molecule has 404 valence electrons. The van der Waals surface area contributed by atoms with Crippen LogP contribution in [0.15, 0.2) is 57.4 Å². The summed E-state index contributed by atoms with van der Waals surface area (Å²) < 4.78 is 33.5. The maximum atomic E-state index is 14.6. The smallest absolute Gasteiger partial charge is 0.405 e. The second-order valence-corrected chi connectivity index (χ2v) is 19.1. The van der Waals surface area contributed by atoms with Gasteiger partial charge in [0.15, 0.2) is 18.2 Å². The Bertz CT molecular complexity index is 2130. The van der Waals surface area contributed by atoms with Crippen molar-refractivity contribution in [2.75, 3.05) is 33.7 Å². The first-order valence-electron chi connectivity index (χ1n) is 22.9. The van der Waals surface area contributed by atoms with E-state index in [1.807, 2.05) is 0 Å². The maximum Gasteiger partial charge on any atom is 0.405 e. The summed E-state index contributed by atoms with van der Waals surface area (Å²) in [6.45, 7) is 6.60. The van der Waals surface area contributed by atoms with Crippen molar-refractivity contribution < 1.29 is 103 Å². The number of fused-ring (bicyclic) bond motifs is 2. The normalized spacial score (nSPS) is 37.8. The van der Waals surface area contributed by atoms with Gasteiger partial charge in [0.25, 0.3) is 5.91 Å². The highest BCUT2D eigenvalue weighted by molar-refractivity contribution is 8.04. The molecule has 26 heteroatoms. The Kier molecular flexibility index (Phi) is 22.1. The number of aliphatic hydroxyl groups excluding tert-OH is 9. The fraction of sp³-hybridized carbons (Fsp3) is 0.652. The van der Waals surface area contributed by atoms with E-state index in [0.29, 0.717) is 17.3 Å². The number of thioether (sulfide) groups is 1. The van der Waals surface area contributed by atoms with Crippen molar-refractivity contribution >= 4 is 47.1 Å². The number of ketones is 2. The highest BCUT2D eigenvalue weighted by Gasteiger charge is 2.53. The molecule has 25 nitrogen and oxygen atoms in total. The van der Waals surface area contributed by atoms with Gasteiger partial charge in [-0.1, -0.05) is 38.2 Å². The lowest BCUT2D eigenvalue weighted by molar-refractivity contribution is -0.319. The van der Waals surface area contributed by atoms with Crippen molar-refractivity contribution in [3.05, 3.63) is 57.4 Å². The Morgan fingerprint density at radius 3 is 2.07 bits per heavy atom. The molecule has 2 heterocycles. The first kappa shape index (κ1) is 59.9. The quantitative estimate of drug-likeness (QED) is 0.0619. The van der Waals surface area contributed by atoms with Crippen LogP contribution in [0.4, 0.5) is 4.79 Å². The van der Waals surface area contributed by atoms with E-state index < -0.39 is 174 Å². The van der Waals surface area contributed by atoms with Crippen LogP contribution in [-0.4, -0.2) is 213 Å². The summed E-state index contributed by atoms with van der Waals surface area (Å²) in [6, 6.07) is -3.54. The lowest BCUT2D eigenvalue weighted by Gasteiger charge is -2.47. The highest BCUT2D eigenvalue weighted by atomic mass is 32.2. The molecule has 2 aliphatic heterocycles. The van der Waals surface area contributed by atoms with Crippen molar-refractivity contribution in [3.63, 3.8) is 0 Å². The van der Waals surface area contributed by atoms with Crippen molar-refractivity contribution in [3.8, 4) is 0 Å². The number of allylic oxidation sites excluding steroid dienone is 4. The molecule has 1 saturated carbocycles. The Morgan fingerprint density at radius 2 is 1.51 bits per heavy atom. The summed E-state index contributed by atoms with van der Waals surface area (Å²) in [5, 5.41) is 103. The second-order valence-electron chi connectivity index (χ2n) is 18.1. The fourth-order valence-electron chi connectivity index (χ4n) is 8.68. The van der Waals surface area contributed by atoms with Crippen molar-refractivity contribution in [1.82, 2.24) is 16.0 Å². The van der Waals surface area contributed by atoms with Gasteiger partial charge >= 0.3 is 6.09 Å². The minimum absolute atomic E-state index is 0.00788. The zero-order valence-electron chi connectivity index (χ0n) is 40.9. The first-order chi connectivity index (χ1) is 33.8. The summed E-state index contributed by atoms with van der Waals surface area (Å²) in [4.78, 5) is 81.3. The molecule has 2 fully saturated rings. The molecule has 0 aromatic heterocycles. The number of rotatable bonds is 13. The largest absolute Gasteiger partial charge is 0.492 e. The van der Waals surface area contributed by atoms with E-state index in [9.17, 15) is 74.7 Å². The summed E-state index contributed by atoms with van der Waals surface area (Å²) in [5.41, 5.74) is 5.19. The lowest BCUT2D eigenvalue weighted by Crippen LogP contribution is -2.69. The van der Waals surface area contributed by atoms with E-state index in [1.165, 1.54) is 39.4 Å². The predicted octanol–water partition coefficient (Wildman–Crippen LogP) is -3.90. The van der Waals surface area contributed by atoms with Gasteiger partial charge in [0.1, 0.15) is 78.8 Å². The molecule has 4 rings (SSSR count). The van der Waals surface area contributed by atoms with E-state index in [0.717, 1.165) is 14.0 Å². The summed E-state index contributed by atoms with van der Waals surface area (Å²) in [7, 11) is 3.87.